The maximum absolute atomic E-state index is 13.3. The number of hydrogen-bond donors (Lipinski definition) is 8. The van der Waals surface area contributed by atoms with Gasteiger partial charge in [-0.05, 0) is 51.4 Å². The fraction of sp³-hybridized carbons (Fsp3) is 0.936. The molecule has 11 nitrogen and oxygen atoms in total. The molecule has 0 aromatic heterocycles. The van der Waals surface area contributed by atoms with E-state index in [2.05, 4.69) is 43.5 Å². The Bertz CT molecular complexity index is 1500. The third-order valence-corrected chi connectivity index (χ3v) is 19.2. The average Bonchev–Trinajstić information content (AvgIpc) is 1.72. The van der Waals surface area contributed by atoms with Crippen LogP contribution >= 0.6 is 0 Å². The minimum absolute atomic E-state index is 0.250. The Morgan fingerprint density at radius 3 is 1.00 bits per heavy atom. The van der Waals surface area contributed by atoms with E-state index in [1.165, 1.54) is 315 Å². The number of hydrogen-bond acceptors (Lipinski definition) is 10. The van der Waals surface area contributed by atoms with E-state index in [0.29, 0.717) is 19.3 Å². The zero-order chi connectivity index (χ0) is 64.6. The van der Waals surface area contributed by atoms with Gasteiger partial charge in [-0.3, -0.25) is 4.79 Å². The largest absolute Gasteiger partial charge is 0.394 e. The van der Waals surface area contributed by atoms with Crippen molar-refractivity contribution >= 4 is 5.91 Å². The van der Waals surface area contributed by atoms with Gasteiger partial charge >= 0.3 is 0 Å². The lowest BCUT2D eigenvalue weighted by Gasteiger charge is -2.40. The van der Waals surface area contributed by atoms with Crippen molar-refractivity contribution in [2.24, 2.45) is 0 Å². The maximum Gasteiger partial charge on any atom is 0.249 e. The van der Waals surface area contributed by atoms with Crippen LogP contribution in [0.15, 0.2) is 24.3 Å². The molecule has 0 aliphatic carbocycles. The Kier molecular flexibility index (Phi) is 64.1. The molecule has 9 atom stereocenters. The fourth-order valence-corrected chi connectivity index (χ4v) is 13.0. The Morgan fingerprint density at radius 2 is 0.674 bits per heavy atom. The Hall–Kier alpha value is -1.41. The molecular formula is C78H151NO10. The number of carbonyl (C=O) groups excluding carboxylic acids is 1. The first-order valence-electron chi connectivity index (χ1n) is 39.2. The highest BCUT2D eigenvalue weighted by atomic mass is 16.7. The summed E-state index contributed by atoms with van der Waals surface area (Å²) in [4.78, 5) is 13.3. The zero-order valence-corrected chi connectivity index (χ0v) is 58.7. The number of nitrogens with one attached hydrogen (secondary N) is 1. The monoisotopic (exact) mass is 1260 g/mol. The second-order valence-electron chi connectivity index (χ2n) is 27.8. The van der Waals surface area contributed by atoms with E-state index in [1.807, 2.05) is 0 Å². The van der Waals surface area contributed by atoms with Gasteiger partial charge in [0.25, 0.3) is 0 Å². The Balaban J connectivity index is 2.16. The average molecular weight is 1260 g/mol. The molecule has 1 rings (SSSR count). The van der Waals surface area contributed by atoms with Gasteiger partial charge in [0.15, 0.2) is 6.29 Å². The highest BCUT2D eigenvalue weighted by molar-refractivity contribution is 5.80. The third kappa shape index (κ3) is 53.5. The van der Waals surface area contributed by atoms with Gasteiger partial charge in [-0.2, -0.15) is 0 Å². The van der Waals surface area contributed by atoms with Crippen molar-refractivity contribution in [1.29, 1.82) is 0 Å². The number of rotatable bonds is 70. The molecular weight excluding hydrogens is 1110 g/mol. The molecule has 0 aromatic carbocycles. The Labute approximate surface area is 550 Å². The van der Waals surface area contributed by atoms with Crippen LogP contribution < -0.4 is 5.32 Å². The molecule has 11 heteroatoms. The van der Waals surface area contributed by atoms with Crippen molar-refractivity contribution in [3.63, 3.8) is 0 Å². The number of unbranched alkanes of at least 4 members (excludes halogenated alkanes) is 54. The highest BCUT2D eigenvalue weighted by Crippen LogP contribution is 2.24. The quantitative estimate of drug-likeness (QED) is 0.0215. The molecule has 1 aliphatic rings. The van der Waals surface area contributed by atoms with Gasteiger partial charge in [0, 0.05) is 0 Å². The number of ether oxygens (including phenoxy) is 2. The van der Waals surface area contributed by atoms with E-state index in [4.69, 9.17) is 9.47 Å². The second-order valence-corrected chi connectivity index (χ2v) is 27.8. The predicted molar refractivity (Wildman–Crippen MR) is 376 cm³/mol. The summed E-state index contributed by atoms with van der Waals surface area (Å²) in [6, 6.07) is -1.19. The lowest BCUT2D eigenvalue weighted by molar-refractivity contribution is -0.303. The third-order valence-electron chi connectivity index (χ3n) is 19.2. The molecule has 528 valence electrons. The minimum Gasteiger partial charge on any atom is -0.394 e. The molecule has 1 saturated heterocycles. The van der Waals surface area contributed by atoms with Crippen molar-refractivity contribution < 1.29 is 50.0 Å². The van der Waals surface area contributed by atoms with Gasteiger partial charge in [-0.25, -0.2) is 0 Å². The number of allylic oxidation sites excluding steroid dienone is 4. The first kappa shape index (κ1) is 85.6. The summed E-state index contributed by atoms with van der Waals surface area (Å²) in [5.41, 5.74) is 0. The van der Waals surface area contributed by atoms with E-state index in [-0.39, 0.29) is 12.8 Å². The van der Waals surface area contributed by atoms with E-state index >= 15 is 0 Å². The second kappa shape index (κ2) is 66.6. The zero-order valence-electron chi connectivity index (χ0n) is 58.7. The van der Waals surface area contributed by atoms with E-state index in [9.17, 15) is 40.5 Å². The normalized spacial score (nSPS) is 18.6. The summed E-state index contributed by atoms with van der Waals surface area (Å²) >= 11 is 0. The standard InChI is InChI=1S/C78H151NO10/c1-3-5-7-9-11-13-15-17-19-21-23-25-27-29-31-33-35-37-39-41-43-45-47-49-51-53-55-57-59-61-63-65-70(81)73(83)69(68-88-78-76(86)75(85)74(84)72(67-80)89-78)79-77(87)71(82)66-64-62-60-58-56-54-52-50-48-46-44-42-40-38-36-34-32-30-28-26-24-22-20-18-16-14-12-10-8-6-4-2/h49,51,57,59,69-76,78,80-86H,3-48,50,52-56,58,60-68H2,1-2H3,(H,79,87)/b51-49+,59-57+. The molecule has 0 saturated carbocycles. The van der Waals surface area contributed by atoms with Crippen LogP contribution in [0.4, 0.5) is 0 Å². The number of amides is 1. The van der Waals surface area contributed by atoms with Crippen molar-refractivity contribution in [3.8, 4) is 0 Å². The topological polar surface area (TPSA) is 189 Å². The van der Waals surface area contributed by atoms with E-state index in [0.717, 1.165) is 38.5 Å². The molecule has 0 spiro atoms. The summed E-state index contributed by atoms with van der Waals surface area (Å²) in [7, 11) is 0. The van der Waals surface area contributed by atoms with Crippen molar-refractivity contribution in [2.45, 2.75) is 454 Å². The molecule has 1 aliphatic heterocycles. The molecule has 0 bridgehead atoms. The summed E-state index contributed by atoms with van der Waals surface area (Å²) in [6.07, 6.45) is 74.4. The van der Waals surface area contributed by atoms with E-state index < -0.39 is 74.2 Å². The van der Waals surface area contributed by atoms with Gasteiger partial charge in [0.05, 0.1) is 25.4 Å². The number of aliphatic hydroxyl groups excluding tert-OH is 7. The van der Waals surface area contributed by atoms with Crippen LogP contribution in [0.1, 0.15) is 399 Å². The van der Waals surface area contributed by atoms with Gasteiger partial charge < -0.3 is 50.5 Å². The smallest absolute Gasteiger partial charge is 0.249 e. The lowest BCUT2D eigenvalue weighted by Crippen LogP contribution is -2.60. The summed E-state index contributed by atoms with van der Waals surface area (Å²) < 4.78 is 11.2. The van der Waals surface area contributed by atoms with Crippen molar-refractivity contribution in [1.82, 2.24) is 5.32 Å². The molecule has 0 radical (unpaired) electrons. The van der Waals surface area contributed by atoms with Crippen LogP contribution in [0.5, 0.6) is 0 Å². The number of aliphatic hydroxyl groups is 7. The maximum atomic E-state index is 13.3. The van der Waals surface area contributed by atoms with Crippen LogP contribution in [0.25, 0.3) is 0 Å². The van der Waals surface area contributed by atoms with Crippen LogP contribution in [-0.2, 0) is 14.3 Å². The SMILES string of the molecule is CCCCCCCCCCCCCCCCCCCCCCCC/C=C/CC/C=C/CCCC(O)C(O)C(COC1OC(CO)C(O)C(O)C1O)NC(=O)C(O)CCCCCCCCCCCCCCCCCCCCCCCCCCCCCCCCC. The molecule has 0 aromatic rings. The fourth-order valence-electron chi connectivity index (χ4n) is 13.0. The van der Waals surface area contributed by atoms with Gasteiger partial charge in [-0.1, -0.05) is 372 Å². The molecule has 89 heavy (non-hydrogen) atoms. The summed E-state index contributed by atoms with van der Waals surface area (Å²) in [5, 5.41) is 76.6. The molecule has 9 unspecified atom stereocenters. The lowest BCUT2D eigenvalue weighted by atomic mass is 9.98. The highest BCUT2D eigenvalue weighted by Gasteiger charge is 2.44. The van der Waals surface area contributed by atoms with Gasteiger partial charge in [-0.15, -0.1) is 0 Å². The summed E-state index contributed by atoms with van der Waals surface area (Å²) in [6.45, 7) is 3.51. The Morgan fingerprint density at radius 1 is 0.382 bits per heavy atom. The first-order chi connectivity index (χ1) is 43.7. The van der Waals surface area contributed by atoms with Crippen LogP contribution in [0, 0.1) is 0 Å². The molecule has 1 fully saturated rings. The van der Waals surface area contributed by atoms with Crippen molar-refractivity contribution in [2.75, 3.05) is 13.2 Å². The predicted octanol–water partition coefficient (Wildman–Crippen LogP) is 19.9. The van der Waals surface area contributed by atoms with Crippen LogP contribution in [0.3, 0.4) is 0 Å². The molecule has 1 amide bonds. The molecule has 1 heterocycles. The summed E-state index contributed by atoms with van der Waals surface area (Å²) in [5.74, 6) is -0.702. The van der Waals surface area contributed by atoms with Gasteiger partial charge in [0.2, 0.25) is 5.91 Å². The van der Waals surface area contributed by atoms with Crippen LogP contribution in [0.2, 0.25) is 0 Å². The molecule has 8 N–H and O–H groups in total. The van der Waals surface area contributed by atoms with Crippen molar-refractivity contribution in [3.05, 3.63) is 24.3 Å². The minimum atomic E-state index is -1.67. The van der Waals surface area contributed by atoms with Crippen LogP contribution in [-0.4, -0.2) is 110 Å². The van der Waals surface area contributed by atoms with E-state index in [1.54, 1.807) is 0 Å². The first-order valence-corrected chi connectivity index (χ1v) is 39.2. The van der Waals surface area contributed by atoms with Gasteiger partial charge in [0.1, 0.15) is 36.6 Å². The number of carbonyl (C=O) groups is 1.